The molecule has 9 heteroatoms. The average Bonchev–Trinajstić information content (AvgIpc) is 3.13. The number of hydrogen-bond acceptors (Lipinski definition) is 6. The molecular weight excluding hydrogens is 382 g/mol. The van der Waals surface area contributed by atoms with Crippen LogP contribution in [0.2, 0.25) is 5.02 Å². The van der Waals surface area contributed by atoms with Gasteiger partial charge in [0.1, 0.15) is 0 Å². The second kappa shape index (κ2) is 8.62. The molecule has 0 aliphatic heterocycles. The van der Waals surface area contributed by atoms with Crippen LogP contribution in [-0.4, -0.2) is 38.7 Å². The van der Waals surface area contributed by atoms with Gasteiger partial charge in [-0.25, -0.2) is 4.79 Å². The largest absolute Gasteiger partial charge is 0.454 e. The van der Waals surface area contributed by atoms with Crippen LogP contribution >= 0.6 is 11.6 Å². The van der Waals surface area contributed by atoms with Crippen molar-refractivity contribution in [2.45, 2.75) is 20.4 Å². The number of nitrogens with zero attached hydrogens (tertiary/aromatic N) is 4. The highest BCUT2D eigenvalue weighted by Crippen LogP contribution is 2.18. The van der Waals surface area contributed by atoms with Crippen LogP contribution in [-0.2, 0) is 20.9 Å². The van der Waals surface area contributed by atoms with Gasteiger partial charge in [-0.2, -0.15) is 4.80 Å². The molecule has 1 heterocycles. The minimum absolute atomic E-state index is 0.253. The SMILES string of the molecule is Cc1cccc(NC(=O)COC(=O)Cn2nnc(-c3ccc(Cl)cc3)n2)c1C. The molecule has 1 N–H and O–H groups in total. The fraction of sp³-hybridized carbons (Fsp3) is 0.211. The zero-order valence-corrected chi connectivity index (χ0v) is 16.1. The average molecular weight is 400 g/mol. The van der Waals surface area contributed by atoms with E-state index in [0.717, 1.165) is 21.5 Å². The van der Waals surface area contributed by atoms with E-state index < -0.39 is 18.5 Å². The van der Waals surface area contributed by atoms with E-state index in [9.17, 15) is 9.59 Å². The number of halogens is 1. The summed E-state index contributed by atoms with van der Waals surface area (Å²) in [6.45, 7) is 3.21. The molecule has 0 saturated carbocycles. The monoisotopic (exact) mass is 399 g/mol. The highest BCUT2D eigenvalue weighted by atomic mass is 35.5. The van der Waals surface area contributed by atoms with Gasteiger partial charge < -0.3 is 10.1 Å². The highest BCUT2D eigenvalue weighted by Gasteiger charge is 2.13. The number of aromatic nitrogens is 4. The molecule has 0 radical (unpaired) electrons. The maximum atomic E-state index is 12.0. The number of hydrogen-bond donors (Lipinski definition) is 1. The van der Waals surface area contributed by atoms with Gasteiger partial charge in [0.15, 0.2) is 13.2 Å². The Hall–Kier alpha value is -3.26. The third-order valence-electron chi connectivity index (χ3n) is 4.07. The van der Waals surface area contributed by atoms with Crippen LogP contribution in [0.4, 0.5) is 5.69 Å². The molecule has 3 aromatic rings. The molecule has 8 nitrogen and oxygen atoms in total. The number of rotatable bonds is 6. The van der Waals surface area contributed by atoms with E-state index in [0.29, 0.717) is 16.5 Å². The van der Waals surface area contributed by atoms with Crippen LogP contribution in [0.25, 0.3) is 11.4 Å². The van der Waals surface area contributed by atoms with Crippen LogP contribution < -0.4 is 5.32 Å². The smallest absolute Gasteiger partial charge is 0.330 e. The Labute approximate surface area is 166 Å². The maximum Gasteiger partial charge on any atom is 0.330 e. The van der Waals surface area contributed by atoms with E-state index in [-0.39, 0.29) is 6.54 Å². The number of amides is 1. The molecule has 0 aliphatic carbocycles. The van der Waals surface area contributed by atoms with Crippen molar-refractivity contribution >= 4 is 29.2 Å². The summed E-state index contributed by atoms with van der Waals surface area (Å²) in [4.78, 5) is 25.0. The third-order valence-corrected chi connectivity index (χ3v) is 4.32. The highest BCUT2D eigenvalue weighted by molar-refractivity contribution is 6.30. The number of anilines is 1. The van der Waals surface area contributed by atoms with Crippen molar-refractivity contribution in [2.24, 2.45) is 0 Å². The Morgan fingerprint density at radius 3 is 2.64 bits per heavy atom. The van der Waals surface area contributed by atoms with Crippen LogP contribution in [0.5, 0.6) is 0 Å². The van der Waals surface area contributed by atoms with E-state index in [1.54, 1.807) is 30.3 Å². The van der Waals surface area contributed by atoms with Gasteiger partial charge in [-0.15, -0.1) is 10.2 Å². The first-order valence-electron chi connectivity index (χ1n) is 8.48. The Morgan fingerprint density at radius 2 is 1.89 bits per heavy atom. The van der Waals surface area contributed by atoms with Crippen molar-refractivity contribution in [3.05, 3.63) is 58.6 Å². The first-order chi connectivity index (χ1) is 13.4. The minimum atomic E-state index is -0.642. The molecule has 0 spiro atoms. The molecule has 0 aliphatic rings. The van der Waals surface area contributed by atoms with E-state index >= 15 is 0 Å². The van der Waals surface area contributed by atoms with Gasteiger partial charge in [0.25, 0.3) is 5.91 Å². The fourth-order valence-corrected chi connectivity index (χ4v) is 2.53. The van der Waals surface area contributed by atoms with Crippen molar-refractivity contribution in [3.8, 4) is 11.4 Å². The van der Waals surface area contributed by atoms with Crippen LogP contribution in [0.15, 0.2) is 42.5 Å². The van der Waals surface area contributed by atoms with E-state index in [2.05, 4.69) is 20.7 Å². The Bertz CT molecular complexity index is 1000. The second-order valence-corrected chi connectivity index (χ2v) is 6.54. The molecule has 28 heavy (non-hydrogen) atoms. The molecule has 2 aromatic carbocycles. The predicted octanol–water partition coefficient (Wildman–Crippen LogP) is 2.79. The number of aryl methyl sites for hydroxylation is 1. The summed E-state index contributed by atoms with van der Waals surface area (Å²) in [7, 11) is 0. The molecule has 0 fully saturated rings. The van der Waals surface area contributed by atoms with Gasteiger partial charge in [0.05, 0.1) is 0 Å². The number of carbonyl (C=O) groups excluding carboxylic acids is 2. The quantitative estimate of drug-likeness (QED) is 0.640. The van der Waals surface area contributed by atoms with Crippen LogP contribution in [0.3, 0.4) is 0 Å². The predicted molar refractivity (Wildman–Crippen MR) is 104 cm³/mol. The Morgan fingerprint density at radius 1 is 1.14 bits per heavy atom. The number of esters is 1. The number of benzene rings is 2. The Kier molecular flexibility index (Phi) is 6.00. The fourth-order valence-electron chi connectivity index (χ4n) is 2.40. The van der Waals surface area contributed by atoms with Crippen molar-refractivity contribution in [2.75, 3.05) is 11.9 Å². The molecule has 0 unspecified atom stereocenters. The van der Waals surface area contributed by atoms with Gasteiger partial charge in [-0.05, 0) is 60.5 Å². The first kappa shape index (κ1) is 19.5. The number of carbonyl (C=O) groups is 2. The summed E-state index contributed by atoms with van der Waals surface area (Å²) in [5, 5.41) is 15.1. The molecular formula is C19H18ClN5O3. The lowest BCUT2D eigenvalue weighted by Crippen LogP contribution is -2.24. The third kappa shape index (κ3) is 4.92. The van der Waals surface area contributed by atoms with Crippen molar-refractivity contribution < 1.29 is 14.3 Å². The lowest BCUT2D eigenvalue weighted by molar-refractivity contribution is -0.148. The molecule has 1 aromatic heterocycles. The van der Waals surface area contributed by atoms with E-state index in [1.165, 1.54) is 0 Å². The van der Waals surface area contributed by atoms with E-state index in [1.807, 2.05) is 26.0 Å². The molecule has 0 atom stereocenters. The van der Waals surface area contributed by atoms with Gasteiger partial charge in [0, 0.05) is 16.3 Å². The summed E-state index contributed by atoms with van der Waals surface area (Å²) < 4.78 is 4.98. The summed E-state index contributed by atoms with van der Waals surface area (Å²) in [6.07, 6.45) is 0. The van der Waals surface area contributed by atoms with Crippen LogP contribution in [0, 0.1) is 13.8 Å². The standard InChI is InChI=1S/C19H18ClN5O3/c1-12-4-3-5-16(13(12)2)21-17(26)11-28-18(27)10-25-23-19(22-24-25)14-6-8-15(20)9-7-14/h3-9H,10-11H2,1-2H3,(H,21,26). The molecule has 3 rings (SSSR count). The summed E-state index contributed by atoms with van der Waals surface area (Å²) in [5.74, 6) is -0.705. The molecule has 1 amide bonds. The lowest BCUT2D eigenvalue weighted by Gasteiger charge is -2.10. The van der Waals surface area contributed by atoms with E-state index in [4.69, 9.17) is 16.3 Å². The molecule has 0 saturated heterocycles. The Balaban J connectivity index is 1.51. The molecule has 0 bridgehead atoms. The van der Waals surface area contributed by atoms with Gasteiger partial charge in [-0.1, -0.05) is 23.7 Å². The topological polar surface area (TPSA) is 99.0 Å². The van der Waals surface area contributed by atoms with Crippen molar-refractivity contribution in [1.82, 2.24) is 20.2 Å². The summed E-state index contributed by atoms with van der Waals surface area (Å²) >= 11 is 5.85. The van der Waals surface area contributed by atoms with Crippen LogP contribution in [0.1, 0.15) is 11.1 Å². The first-order valence-corrected chi connectivity index (χ1v) is 8.85. The maximum absolute atomic E-state index is 12.0. The van der Waals surface area contributed by atoms with Gasteiger partial charge in [0.2, 0.25) is 5.82 Å². The molecule has 144 valence electrons. The normalized spacial score (nSPS) is 10.5. The van der Waals surface area contributed by atoms with Gasteiger partial charge in [-0.3, -0.25) is 4.79 Å². The summed E-state index contributed by atoms with van der Waals surface area (Å²) in [5.41, 5.74) is 3.43. The van der Waals surface area contributed by atoms with Gasteiger partial charge >= 0.3 is 5.97 Å². The minimum Gasteiger partial charge on any atom is -0.454 e. The zero-order valence-electron chi connectivity index (χ0n) is 15.3. The number of ether oxygens (including phenoxy) is 1. The number of nitrogens with one attached hydrogen (secondary N) is 1. The zero-order chi connectivity index (χ0) is 20.1. The van der Waals surface area contributed by atoms with Crippen molar-refractivity contribution in [1.29, 1.82) is 0 Å². The van der Waals surface area contributed by atoms with Crippen molar-refractivity contribution in [3.63, 3.8) is 0 Å². The lowest BCUT2D eigenvalue weighted by atomic mass is 10.1. The summed E-state index contributed by atoms with van der Waals surface area (Å²) in [6, 6.07) is 12.5. The second-order valence-electron chi connectivity index (χ2n) is 6.11. The number of tetrazole rings is 1.